The highest BCUT2D eigenvalue weighted by molar-refractivity contribution is 5.82. The molecule has 0 atom stereocenters. The second-order valence-corrected chi connectivity index (χ2v) is 8.08. The first-order chi connectivity index (χ1) is 15.0. The van der Waals surface area contributed by atoms with Crippen LogP contribution in [0, 0.1) is 0 Å². The average molecular weight is 418 g/mol. The molecule has 1 amide bonds. The molecule has 0 radical (unpaired) electrons. The number of amides is 1. The van der Waals surface area contributed by atoms with Crippen LogP contribution in [0.2, 0.25) is 0 Å². The van der Waals surface area contributed by atoms with E-state index in [2.05, 4.69) is 10.3 Å². The lowest BCUT2D eigenvalue weighted by molar-refractivity contribution is -0.121. The number of hydrogen-bond donors (Lipinski definition) is 1. The number of nitrogens with zero attached hydrogens (tertiary/aromatic N) is 2. The average Bonchev–Trinajstić information content (AvgIpc) is 2.79. The monoisotopic (exact) mass is 417 g/mol. The Labute approximate surface area is 182 Å². The molecule has 0 spiro atoms. The summed E-state index contributed by atoms with van der Waals surface area (Å²) in [6, 6.07) is 19.7. The maximum Gasteiger partial charge on any atom is 0.240 e. The van der Waals surface area contributed by atoms with Crippen LogP contribution in [0.4, 0.5) is 5.69 Å². The number of carbonyl (C=O) groups is 1. The summed E-state index contributed by atoms with van der Waals surface area (Å²) in [6.45, 7) is 5.89. The van der Waals surface area contributed by atoms with E-state index in [-0.39, 0.29) is 12.5 Å². The van der Waals surface area contributed by atoms with Crippen molar-refractivity contribution in [3.05, 3.63) is 84.2 Å². The summed E-state index contributed by atoms with van der Waals surface area (Å²) >= 11 is 0. The van der Waals surface area contributed by atoms with Crippen molar-refractivity contribution in [3.63, 3.8) is 0 Å². The number of para-hydroxylation sites is 1. The molecule has 3 aromatic rings. The number of fused-ring (bicyclic) bond motifs is 1. The van der Waals surface area contributed by atoms with E-state index in [1.807, 2.05) is 85.6 Å². The summed E-state index contributed by atoms with van der Waals surface area (Å²) in [7, 11) is 0. The van der Waals surface area contributed by atoms with Gasteiger partial charge >= 0.3 is 0 Å². The van der Waals surface area contributed by atoms with Gasteiger partial charge in [0.25, 0.3) is 0 Å². The smallest absolute Gasteiger partial charge is 0.240 e. The number of pyridine rings is 1. The van der Waals surface area contributed by atoms with Gasteiger partial charge in [-0.1, -0.05) is 30.3 Å². The van der Waals surface area contributed by atoms with E-state index in [9.17, 15) is 4.79 Å². The van der Waals surface area contributed by atoms with Crippen LogP contribution in [-0.4, -0.2) is 30.6 Å². The van der Waals surface area contributed by atoms with Crippen LogP contribution < -0.4 is 19.7 Å². The minimum Gasteiger partial charge on any atom is -0.486 e. The van der Waals surface area contributed by atoms with E-state index in [4.69, 9.17) is 9.47 Å². The second kappa shape index (κ2) is 9.08. The first-order valence-electron chi connectivity index (χ1n) is 10.4. The fourth-order valence-corrected chi connectivity index (χ4v) is 3.66. The third kappa shape index (κ3) is 5.15. The van der Waals surface area contributed by atoms with Gasteiger partial charge in [-0.3, -0.25) is 9.78 Å². The zero-order valence-electron chi connectivity index (χ0n) is 17.9. The van der Waals surface area contributed by atoms with E-state index in [0.717, 1.165) is 22.6 Å². The Morgan fingerprint density at radius 2 is 1.81 bits per heavy atom. The van der Waals surface area contributed by atoms with Crippen molar-refractivity contribution >= 4 is 11.6 Å². The maximum absolute atomic E-state index is 13.1. The lowest BCUT2D eigenvalue weighted by atomic mass is 9.93. The lowest BCUT2D eigenvalue weighted by Crippen LogP contribution is -2.46. The molecule has 0 unspecified atom stereocenters. The predicted octanol–water partition coefficient (Wildman–Crippen LogP) is 3.91. The largest absolute Gasteiger partial charge is 0.486 e. The molecule has 6 nitrogen and oxygen atoms in total. The summed E-state index contributed by atoms with van der Waals surface area (Å²) in [5, 5.41) is 3.17. The van der Waals surface area contributed by atoms with E-state index in [1.165, 1.54) is 0 Å². The number of anilines is 1. The molecule has 31 heavy (non-hydrogen) atoms. The van der Waals surface area contributed by atoms with Gasteiger partial charge in [0.2, 0.25) is 5.91 Å². The third-order valence-electron chi connectivity index (χ3n) is 5.27. The summed E-state index contributed by atoms with van der Waals surface area (Å²) < 4.78 is 11.3. The van der Waals surface area contributed by atoms with Crippen molar-refractivity contribution in [3.8, 4) is 11.5 Å². The highest BCUT2D eigenvalue weighted by Crippen LogP contribution is 2.34. The maximum atomic E-state index is 13.1. The Bertz CT molecular complexity index is 1020. The summed E-state index contributed by atoms with van der Waals surface area (Å²) in [5.41, 5.74) is 2.43. The number of hydrogen-bond acceptors (Lipinski definition) is 5. The molecule has 0 aliphatic carbocycles. The molecule has 6 heteroatoms. The fraction of sp³-hybridized carbons (Fsp3) is 0.280. The molecule has 0 fully saturated rings. The zero-order chi connectivity index (χ0) is 21.7. The normalized spacial score (nSPS) is 12.8. The minimum absolute atomic E-state index is 0.0624. The molecular weight excluding hydrogens is 390 g/mol. The highest BCUT2D eigenvalue weighted by Gasteiger charge is 2.26. The standard InChI is InChI=1S/C25H27N3O3/c1-25(2,20-10-11-22-23(15-20)31-14-13-30-22)27-24(29)18-28(21-8-4-3-5-9-21)17-19-7-6-12-26-16-19/h3-12,15-16H,13-14,17-18H2,1-2H3,(H,27,29). The first kappa shape index (κ1) is 20.7. The van der Waals surface area contributed by atoms with Crippen LogP contribution in [0.25, 0.3) is 0 Å². The van der Waals surface area contributed by atoms with Gasteiger partial charge in [0, 0.05) is 24.6 Å². The molecule has 1 aliphatic rings. The van der Waals surface area contributed by atoms with E-state index < -0.39 is 5.54 Å². The molecule has 1 aliphatic heterocycles. The van der Waals surface area contributed by atoms with Gasteiger partial charge in [0.05, 0.1) is 12.1 Å². The highest BCUT2D eigenvalue weighted by atomic mass is 16.6. The fourth-order valence-electron chi connectivity index (χ4n) is 3.66. The van der Waals surface area contributed by atoms with Crippen LogP contribution in [0.15, 0.2) is 73.1 Å². The van der Waals surface area contributed by atoms with Crippen LogP contribution in [0.5, 0.6) is 11.5 Å². The van der Waals surface area contributed by atoms with Gasteiger partial charge < -0.3 is 19.7 Å². The molecule has 160 valence electrons. The van der Waals surface area contributed by atoms with Crippen molar-refractivity contribution in [1.29, 1.82) is 0 Å². The minimum atomic E-state index is -0.566. The molecule has 0 saturated carbocycles. The van der Waals surface area contributed by atoms with Crippen molar-refractivity contribution in [2.24, 2.45) is 0 Å². The molecule has 2 aromatic carbocycles. The van der Waals surface area contributed by atoms with E-state index in [1.54, 1.807) is 6.20 Å². The third-order valence-corrected chi connectivity index (χ3v) is 5.27. The van der Waals surface area contributed by atoms with Crippen LogP contribution in [0.1, 0.15) is 25.0 Å². The number of nitrogens with one attached hydrogen (secondary N) is 1. The Morgan fingerprint density at radius 3 is 2.55 bits per heavy atom. The van der Waals surface area contributed by atoms with Gasteiger partial charge in [-0.15, -0.1) is 0 Å². The number of rotatable bonds is 7. The Morgan fingerprint density at radius 1 is 1.03 bits per heavy atom. The van der Waals surface area contributed by atoms with Gasteiger partial charge in [-0.05, 0) is 55.3 Å². The van der Waals surface area contributed by atoms with E-state index >= 15 is 0 Å². The molecule has 1 N–H and O–H groups in total. The molecule has 2 heterocycles. The Kier molecular flexibility index (Phi) is 6.07. The van der Waals surface area contributed by atoms with Gasteiger partial charge in [0.15, 0.2) is 11.5 Å². The number of benzene rings is 2. The quantitative estimate of drug-likeness (QED) is 0.632. The van der Waals surface area contributed by atoms with Gasteiger partial charge in [-0.2, -0.15) is 0 Å². The Balaban J connectivity index is 1.49. The second-order valence-electron chi connectivity index (χ2n) is 8.08. The zero-order valence-corrected chi connectivity index (χ0v) is 17.9. The molecule has 0 saturated heterocycles. The lowest BCUT2D eigenvalue weighted by Gasteiger charge is -2.31. The molecule has 0 bridgehead atoms. The van der Waals surface area contributed by atoms with Crippen molar-refractivity contribution in [1.82, 2.24) is 10.3 Å². The Hall–Kier alpha value is -3.54. The van der Waals surface area contributed by atoms with Gasteiger partial charge in [-0.25, -0.2) is 0 Å². The molecular formula is C25H27N3O3. The molecule has 4 rings (SSSR count). The van der Waals surface area contributed by atoms with Crippen molar-refractivity contribution < 1.29 is 14.3 Å². The first-order valence-corrected chi connectivity index (χ1v) is 10.4. The van der Waals surface area contributed by atoms with Crippen LogP contribution in [0.3, 0.4) is 0 Å². The topological polar surface area (TPSA) is 63.7 Å². The summed E-state index contributed by atoms with van der Waals surface area (Å²) in [5.74, 6) is 1.39. The summed E-state index contributed by atoms with van der Waals surface area (Å²) in [6.07, 6.45) is 3.58. The molecule has 1 aromatic heterocycles. The number of aromatic nitrogens is 1. The van der Waals surface area contributed by atoms with Gasteiger partial charge in [0.1, 0.15) is 13.2 Å². The predicted molar refractivity (Wildman–Crippen MR) is 120 cm³/mol. The van der Waals surface area contributed by atoms with Crippen molar-refractivity contribution in [2.75, 3.05) is 24.7 Å². The van der Waals surface area contributed by atoms with Crippen LogP contribution in [-0.2, 0) is 16.9 Å². The summed E-state index contributed by atoms with van der Waals surface area (Å²) in [4.78, 5) is 19.3. The number of ether oxygens (including phenoxy) is 2. The van der Waals surface area contributed by atoms with Crippen molar-refractivity contribution in [2.45, 2.75) is 25.9 Å². The number of carbonyl (C=O) groups excluding carboxylic acids is 1. The SMILES string of the molecule is CC(C)(NC(=O)CN(Cc1cccnc1)c1ccccc1)c1ccc2c(c1)OCCO2. The van der Waals surface area contributed by atoms with Crippen LogP contribution >= 0.6 is 0 Å². The van der Waals surface area contributed by atoms with E-state index in [0.29, 0.717) is 25.5 Å².